The summed E-state index contributed by atoms with van der Waals surface area (Å²) in [5.74, 6) is -1.72. The summed E-state index contributed by atoms with van der Waals surface area (Å²) in [6.45, 7) is 3.11. The van der Waals surface area contributed by atoms with Crippen LogP contribution < -0.4 is 5.32 Å². The second-order valence-corrected chi connectivity index (χ2v) is 4.13. The fourth-order valence-corrected chi connectivity index (χ4v) is 1.53. The number of hydrogen-bond donors (Lipinski definition) is 2. The van der Waals surface area contributed by atoms with Crippen molar-refractivity contribution < 1.29 is 14.8 Å². The van der Waals surface area contributed by atoms with Crippen LogP contribution in [0.3, 0.4) is 0 Å². The second-order valence-electron chi connectivity index (χ2n) is 4.13. The molecular weight excluding hydrogens is 250 g/mol. The number of benzene rings is 1. The SMILES string of the molecule is CC(Nc1cccc(C#N)c1[N+](=O)[O-])C(C)C(=O)O. The van der Waals surface area contributed by atoms with Crippen molar-refractivity contribution in [3.8, 4) is 6.07 Å². The highest BCUT2D eigenvalue weighted by Gasteiger charge is 2.24. The summed E-state index contributed by atoms with van der Waals surface area (Å²) in [4.78, 5) is 21.2. The Morgan fingerprint density at radius 2 is 2.16 bits per heavy atom. The predicted molar refractivity (Wildman–Crippen MR) is 67.7 cm³/mol. The number of nitriles is 1. The number of carbonyl (C=O) groups is 1. The lowest BCUT2D eigenvalue weighted by Crippen LogP contribution is -2.30. The number of hydrogen-bond acceptors (Lipinski definition) is 5. The maximum Gasteiger partial charge on any atom is 0.309 e. The van der Waals surface area contributed by atoms with Crippen LogP contribution >= 0.6 is 0 Å². The number of aliphatic carboxylic acids is 1. The molecule has 0 saturated carbocycles. The lowest BCUT2D eigenvalue weighted by molar-refractivity contribution is -0.384. The largest absolute Gasteiger partial charge is 0.481 e. The van der Waals surface area contributed by atoms with Crippen LogP contribution in [0.1, 0.15) is 19.4 Å². The van der Waals surface area contributed by atoms with Gasteiger partial charge >= 0.3 is 11.7 Å². The van der Waals surface area contributed by atoms with Crippen LogP contribution in [0, 0.1) is 27.4 Å². The lowest BCUT2D eigenvalue weighted by Gasteiger charge is -2.19. The van der Waals surface area contributed by atoms with Crippen molar-refractivity contribution in [3.63, 3.8) is 0 Å². The van der Waals surface area contributed by atoms with Gasteiger partial charge in [0.1, 0.15) is 17.3 Å². The Morgan fingerprint density at radius 3 is 2.63 bits per heavy atom. The quantitative estimate of drug-likeness (QED) is 0.619. The van der Waals surface area contributed by atoms with Crippen molar-refractivity contribution in [2.24, 2.45) is 5.92 Å². The van der Waals surface area contributed by atoms with Crippen molar-refractivity contribution in [2.45, 2.75) is 19.9 Å². The van der Waals surface area contributed by atoms with Gasteiger partial charge in [-0.3, -0.25) is 14.9 Å². The number of nitrogens with zero attached hydrogens (tertiary/aromatic N) is 2. The minimum absolute atomic E-state index is 0.0646. The van der Waals surface area contributed by atoms with Gasteiger partial charge in [-0.25, -0.2) is 0 Å². The molecule has 7 nitrogen and oxygen atoms in total. The molecule has 1 aromatic rings. The molecule has 19 heavy (non-hydrogen) atoms. The molecule has 0 radical (unpaired) electrons. The van der Waals surface area contributed by atoms with E-state index in [4.69, 9.17) is 10.4 Å². The fraction of sp³-hybridized carbons (Fsp3) is 0.333. The Balaban J connectivity index is 3.12. The molecule has 0 aromatic heterocycles. The van der Waals surface area contributed by atoms with Crippen LogP contribution in [0.2, 0.25) is 0 Å². The number of nitrogens with one attached hydrogen (secondary N) is 1. The van der Waals surface area contributed by atoms with E-state index in [0.29, 0.717) is 0 Å². The van der Waals surface area contributed by atoms with Gasteiger partial charge < -0.3 is 10.4 Å². The van der Waals surface area contributed by atoms with Crippen molar-refractivity contribution in [2.75, 3.05) is 5.32 Å². The molecule has 0 heterocycles. The smallest absolute Gasteiger partial charge is 0.309 e. The molecule has 7 heteroatoms. The van der Waals surface area contributed by atoms with Crippen molar-refractivity contribution >= 4 is 17.3 Å². The number of nitro groups is 1. The van der Waals surface area contributed by atoms with Crippen LogP contribution in [0.5, 0.6) is 0 Å². The maximum atomic E-state index is 11.0. The first kappa shape index (κ1) is 14.4. The first-order valence-corrected chi connectivity index (χ1v) is 5.55. The van der Waals surface area contributed by atoms with Crippen LogP contribution in [0.4, 0.5) is 11.4 Å². The van der Waals surface area contributed by atoms with E-state index in [1.165, 1.54) is 25.1 Å². The second kappa shape index (κ2) is 5.82. The van der Waals surface area contributed by atoms with E-state index < -0.39 is 22.9 Å². The number of anilines is 1. The molecule has 1 rings (SSSR count). The van der Waals surface area contributed by atoms with Crippen molar-refractivity contribution in [3.05, 3.63) is 33.9 Å². The van der Waals surface area contributed by atoms with E-state index in [1.54, 1.807) is 13.0 Å². The summed E-state index contributed by atoms with van der Waals surface area (Å²) < 4.78 is 0. The zero-order chi connectivity index (χ0) is 14.6. The fourth-order valence-electron chi connectivity index (χ4n) is 1.53. The van der Waals surface area contributed by atoms with Gasteiger partial charge in [0.25, 0.3) is 0 Å². The van der Waals surface area contributed by atoms with E-state index in [0.717, 1.165) is 0 Å². The Labute approximate surface area is 109 Å². The van der Waals surface area contributed by atoms with E-state index in [1.807, 2.05) is 0 Å². The summed E-state index contributed by atoms with van der Waals surface area (Å²) in [5, 5.41) is 31.5. The summed E-state index contributed by atoms with van der Waals surface area (Å²) in [7, 11) is 0. The zero-order valence-corrected chi connectivity index (χ0v) is 10.5. The van der Waals surface area contributed by atoms with Gasteiger partial charge in [-0.05, 0) is 26.0 Å². The molecule has 0 fully saturated rings. The number of rotatable bonds is 5. The van der Waals surface area contributed by atoms with Crippen molar-refractivity contribution in [1.82, 2.24) is 0 Å². The Kier molecular flexibility index (Phi) is 4.42. The standard InChI is InChI=1S/C12H13N3O4/c1-7(12(16)17)8(2)14-10-5-3-4-9(6-13)11(10)15(18)19/h3-5,7-8,14H,1-2H3,(H,16,17). The predicted octanol–water partition coefficient (Wildman–Crippen LogP) is 1.99. The number of para-hydroxylation sites is 1. The van der Waals surface area contributed by atoms with E-state index >= 15 is 0 Å². The number of carboxylic acid groups (broad SMARTS) is 1. The molecule has 0 aliphatic heterocycles. The molecule has 100 valence electrons. The Bertz CT molecular complexity index is 550. The van der Waals surface area contributed by atoms with Crippen LogP contribution in [-0.2, 0) is 4.79 Å². The van der Waals surface area contributed by atoms with Gasteiger partial charge in [-0.15, -0.1) is 0 Å². The minimum Gasteiger partial charge on any atom is -0.481 e. The molecule has 0 saturated heterocycles. The average Bonchev–Trinajstić information content (AvgIpc) is 2.36. The molecule has 1 aromatic carbocycles. The van der Waals surface area contributed by atoms with Crippen LogP contribution in [-0.4, -0.2) is 22.0 Å². The van der Waals surface area contributed by atoms with Crippen molar-refractivity contribution in [1.29, 1.82) is 5.26 Å². The van der Waals surface area contributed by atoms with E-state index in [-0.39, 0.29) is 16.9 Å². The molecule has 0 amide bonds. The Hall–Kier alpha value is -2.62. The van der Waals surface area contributed by atoms with Gasteiger partial charge in [-0.1, -0.05) is 6.07 Å². The molecule has 2 atom stereocenters. The summed E-state index contributed by atoms with van der Waals surface area (Å²) in [6, 6.07) is 5.53. The summed E-state index contributed by atoms with van der Waals surface area (Å²) in [6.07, 6.45) is 0. The first-order chi connectivity index (χ1) is 8.88. The normalized spacial score (nSPS) is 13.1. The van der Waals surface area contributed by atoms with Gasteiger partial charge in [0.05, 0.1) is 10.8 Å². The monoisotopic (exact) mass is 263 g/mol. The molecular formula is C12H13N3O4. The van der Waals surface area contributed by atoms with Gasteiger partial charge in [0.15, 0.2) is 0 Å². The third-order valence-electron chi connectivity index (χ3n) is 2.86. The average molecular weight is 263 g/mol. The highest BCUT2D eigenvalue weighted by atomic mass is 16.6. The maximum absolute atomic E-state index is 11.0. The molecule has 2 unspecified atom stereocenters. The lowest BCUT2D eigenvalue weighted by atomic mass is 10.0. The third kappa shape index (κ3) is 3.19. The highest BCUT2D eigenvalue weighted by Crippen LogP contribution is 2.29. The molecule has 0 aliphatic carbocycles. The van der Waals surface area contributed by atoms with Crippen LogP contribution in [0.25, 0.3) is 0 Å². The van der Waals surface area contributed by atoms with Crippen LogP contribution in [0.15, 0.2) is 18.2 Å². The molecule has 2 N–H and O–H groups in total. The molecule has 0 spiro atoms. The summed E-state index contributed by atoms with van der Waals surface area (Å²) in [5.41, 5.74) is -0.260. The van der Waals surface area contributed by atoms with E-state index in [2.05, 4.69) is 5.32 Å². The highest BCUT2D eigenvalue weighted by molar-refractivity contribution is 5.73. The van der Waals surface area contributed by atoms with Gasteiger partial charge in [0.2, 0.25) is 0 Å². The van der Waals surface area contributed by atoms with Gasteiger partial charge in [0, 0.05) is 6.04 Å². The minimum atomic E-state index is -1.00. The molecule has 0 aliphatic rings. The summed E-state index contributed by atoms with van der Waals surface area (Å²) >= 11 is 0. The zero-order valence-electron chi connectivity index (χ0n) is 10.5. The third-order valence-corrected chi connectivity index (χ3v) is 2.86. The Morgan fingerprint density at radius 1 is 1.53 bits per heavy atom. The molecule has 0 bridgehead atoms. The topological polar surface area (TPSA) is 116 Å². The number of nitro benzene ring substituents is 1. The van der Waals surface area contributed by atoms with Gasteiger partial charge in [-0.2, -0.15) is 5.26 Å². The first-order valence-electron chi connectivity index (χ1n) is 5.55. The number of carboxylic acids is 1. The van der Waals surface area contributed by atoms with E-state index in [9.17, 15) is 14.9 Å².